The number of halogens is 1. The van der Waals surface area contributed by atoms with Gasteiger partial charge in [-0.3, -0.25) is 9.69 Å². The van der Waals surface area contributed by atoms with Gasteiger partial charge in [0.15, 0.2) is 0 Å². The Balaban J connectivity index is 1.29. The minimum atomic E-state index is -0.290. The first kappa shape index (κ1) is 19.3. The fourth-order valence-electron chi connectivity index (χ4n) is 5.94. The first-order valence-electron chi connectivity index (χ1n) is 11.3. The predicted molar refractivity (Wildman–Crippen MR) is 112 cm³/mol. The lowest BCUT2D eigenvalue weighted by Crippen LogP contribution is -2.39. The Kier molecular flexibility index (Phi) is 5.03. The Morgan fingerprint density at radius 3 is 2.66 bits per heavy atom. The van der Waals surface area contributed by atoms with E-state index in [1.807, 2.05) is 12.1 Å². The van der Waals surface area contributed by atoms with Gasteiger partial charge in [-0.2, -0.15) is 0 Å². The van der Waals surface area contributed by atoms with Crippen LogP contribution in [0.25, 0.3) is 0 Å². The molecule has 0 N–H and O–H groups in total. The van der Waals surface area contributed by atoms with Gasteiger partial charge in [-0.1, -0.05) is 0 Å². The van der Waals surface area contributed by atoms with E-state index in [-0.39, 0.29) is 17.1 Å². The Bertz CT molecular complexity index is 779. The van der Waals surface area contributed by atoms with E-state index in [9.17, 15) is 4.79 Å². The molecule has 1 spiro atoms. The highest BCUT2D eigenvalue weighted by Gasteiger charge is 2.47. The van der Waals surface area contributed by atoms with Crippen molar-refractivity contribution in [2.24, 2.45) is 5.41 Å². The third-order valence-electron chi connectivity index (χ3n) is 7.78. The van der Waals surface area contributed by atoms with Crippen LogP contribution in [-0.4, -0.2) is 62.3 Å². The topological polar surface area (TPSA) is 36.0 Å². The van der Waals surface area contributed by atoms with E-state index in [0.29, 0.717) is 43.2 Å². The van der Waals surface area contributed by atoms with Crippen LogP contribution < -0.4 is 9.80 Å². The number of benzene rings is 1. The number of rotatable bonds is 3. The standard InChI is InChI=1S/C23H32FN3O2/c1-17-3-2-10-26(17)19-6-11-25(16-19)21-5-4-18(15-20(21)24)27-12-7-23(22(27)28)8-13-29-14-9-23/h4-5,15,17,19H,2-3,6-14,16H2,1H3. The number of amides is 1. The molecule has 1 aromatic carbocycles. The fraction of sp³-hybridized carbons (Fsp3) is 0.696. The van der Waals surface area contributed by atoms with E-state index in [2.05, 4.69) is 16.7 Å². The molecule has 4 fully saturated rings. The quantitative estimate of drug-likeness (QED) is 0.778. The maximum Gasteiger partial charge on any atom is 0.233 e. The summed E-state index contributed by atoms with van der Waals surface area (Å²) < 4.78 is 20.5. The molecule has 1 amide bonds. The Morgan fingerprint density at radius 1 is 1.10 bits per heavy atom. The van der Waals surface area contributed by atoms with Crippen LogP contribution in [0.1, 0.15) is 45.4 Å². The maximum absolute atomic E-state index is 15.1. The van der Waals surface area contributed by atoms with Crippen molar-refractivity contribution in [3.8, 4) is 0 Å². The number of anilines is 2. The van der Waals surface area contributed by atoms with Crippen molar-refractivity contribution < 1.29 is 13.9 Å². The molecule has 29 heavy (non-hydrogen) atoms. The van der Waals surface area contributed by atoms with Gasteiger partial charge in [0.05, 0.1) is 11.1 Å². The molecular formula is C23H32FN3O2. The van der Waals surface area contributed by atoms with Crippen LogP contribution in [0.2, 0.25) is 0 Å². The zero-order valence-corrected chi connectivity index (χ0v) is 17.4. The molecule has 4 aliphatic heterocycles. The van der Waals surface area contributed by atoms with E-state index < -0.39 is 0 Å². The summed E-state index contributed by atoms with van der Waals surface area (Å²) in [5, 5.41) is 0. The molecule has 0 aliphatic carbocycles. The zero-order chi connectivity index (χ0) is 20.0. The van der Waals surface area contributed by atoms with Crippen molar-refractivity contribution in [3.63, 3.8) is 0 Å². The van der Waals surface area contributed by atoms with Gasteiger partial charge in [0.2, 0.25) is 5.91 Å². The highest BCUT2D eigenvalue weighted by Crippen LogP contribution is 2.43. The van der Waals surface area contributed by atoms with E-state index in [1.165, 1.54) is 19.4 Å². The Morgan fingerprint density at radius 2 is 1.93 bits per heavy atom. The maximum atomic E-state index is 15.1. The molecule has 0 aromatic heterocycles. The van der Waals surface area contributed by atoms with E-state index >= 15 is 4.39 Å². The molecule has 0 radical (unpaired) electrons. The Labute approximate surface area is 172 Å². The first-order valence-corrected chi connectivity index (χ1v) is 11.3. The number of carbonyl (C=O) groups excluding carboxylic acids is 1. The molecule has 1 aromatic rings. The number of carbonyl (C=O) groups is 1. The molecule has 4 aliphatic rings. The number of hydrogen-bond acceptors (Lipinski definition) is 4. The third-order valence-corrected chi connectivity index (χ3v) is 7.78. The van der Waals surface area contributed by atoms with Crippen molar-refractivity contribution in [1.82, 2.24) is 4.90 Å². The minimum absolute atomic E-state index is 0.150. The van der Waals surface area contributed by atoms with Crippen LogP contribution in [0, 0.1) is 11.2 Å². The highest BCUT2D eigenvalue weighted by atomic mass is 19.1. The van der Waals surface area contributed by atoms with Crippen molar-refractivity contribution in [2.45, 2.75) is 57.5 Å². The van der Waals surface area contributed by atoms with Crippen LogP contribution in [0.4, 0.5) is 15.8 Å². The van der Waals surface area contributed by atoms with Gasteiger partial charge in [-0.15, -0.1) is 0 Å². The van der Waals surface area contributed by atoms with Gasteiger partial charge in [-0.05, 0) is 70.2 Å². The average Bonchev–Trinajstić information content (AvgIpc) is 3.43. The highest BCUT2D eigenvalue weighted by molar-refractivity contribution is 6.00. The lowest BCUT2D eigenvalue weighted by Gasteiger charge is -2.31. The smallest absolute Gasteiger partial charge is 0.233 e. The minimum Gasteiger partial charge on any atom is -0.381 e. The summed E-state index contributed by atoms with van der Waals surface area (Å²) in [6, 6.07) is 6.55. The lowest BCUT2D eigenvalue weighted by molar-refractivity contribution is -0.130. The molecule has 2 atom stereocenters. The fourth-order valence-corrected chi connectivity index (χ4v) is 5.94. The summed E-state index contributed by atoms with van der Waals surface area (Å²) in [5.74, 6) is -0.0597. The predicted octanol–water partition coefficient (Wildman–Crippen LogP) is 3.42. The molecule has 4 saturated heterocycles. The molecule has 5 nitrogen and oxygen atoms in total. The molecular weight excluding hydrogens is 369 g/mol. The summed E-state index contributed by atoms with van der Waals surface area (Å²) in [5.41, 5.74) is 1.08. The van der Waals surface area contributed by atoms with Crippen LogP contribution in [0.15, 0.2) is 18.2 Å². The van der Waals surface area contributed by atoms with Crippen molar-refractivity contribution in [3.05, 3.63) is 24.0 Å². The van der Waals surface area contributed by atoms with Gasteiger partial charge in [0.1, 0.15) is 5.82 Å². The van der Waals surface area contributed by atoms with Crippen LogP contribution in [-0.2, 0) is 9.53 Å². The van der Waals surface area contributed by atoms with E-state index in [1.54, 1.807) is 11.0 Å². The van der Waals surface area contributed by atoms with Gasteiger partial charge >= 0.3 is 0 Å². The monoisotopic (exact) mass is 401 g/mol. The van der Waals surface area contributed by atoms with Crippen LogP contribution in [0.3, 0.4) is 0 Å². The molecule has 2 unspecified atom stereocenters. The molecule has 0 saturated carbocycles. The second kappa shape index (κ2) is 7.55. The summed E-state index contributed by atoms with van der Waals surface area (Å²) in [6.07, 6.45) is 6.07. The van der Waals surface area contributed by atoms with Gasteiger partial charge in [0, 0.05) is 50.6 Å². The number of likely N-dealkylation sites (tertiary alicyclic amines) is 1. The van der Waals surface area contributed by atoms with Crippen molar-refractivity contribution >= 4 is 17.3 Å². The van der Waals surface area contributed by atoms with Gasteiger partial charge in [-0.25, -0.2) is 4.39 Å². The molecule has 6 heteroatoms. The van der Waals surface area contributed by atoms with Gasteiger partial charge in [0.25, 0.3) is 0 Å². The summed E-state index contributed by atoms with van der Waals surface area (Å²) in [4.78, 5) is 19.7. The lowest BCUT2D eigenvalue weighted by atomic mass is 9.79. The number of hydrogen-bond donors (Lipinski definition) is 0. The second-order valence-corrected chi connectivity index (χ2v) is 9.35. The van der Waals surface area contributed by atoms with Crippen LogP contribution in [0.5, 0.6) is 0 Å². The largest absolute Gasteiger partial charge is 0.381 e. The normalized spacial score (nSPS) is 30.1. The third kappa shape index (κ3) is 3.34. The average molecular weight is 402 g/mol. The van der Waals surface area contributed by atoms with E-state index in [0.717, 1.165) is 38.8 Å². The number of nitrogens with zero attached hydrogens (tertiary/aromatic N) is 3. The number of ether oxygens (including phenoxy) is 1. The molecule has 0 bridgehead atoms. The van der Waals surface area contributed by atoms with Crippen molar-refractivity contribution in [1.29, 1.82) is 0 Å². The molecule has 5 rings (SSSR count). The summed E-state index contributed by atoms with van der Waals surface area (Å²) in [7, 11) is 0. The van der Waals surface area contributed by atoms with Crippen molar-refractivity contribution in [2.75, 3.05) is 49.2 Å². The molecule has 158 valence electrons. The molecule has 4 heterocycles. The van der Waals surface area contributed by atoms with E-state index in [4.69, 9.17) is 4.74 Å². The van der Waals surface area contributed by atoms with Gasteiger partial charge < -0.3 is 14.5 Å². The summed E-state index contributed by atoms with van der Waals surface area (Å²) in [6.45, 7) is 7.25. The Hall–Kier alpha value is -1.66. The first-order chi connectivity index (χ1) is 14.1. The SMILES string of the molecule is CC1CCCN1C1CCN(c2ccc(N3CCC4(CCOCC4)C3=O)cc2F)C1. The second-order valence-electron chi connectivity index (χ2n) is 9.35. The van der Waals surface area contributed by atoms with Crippen LogP contribution >= 0.6 is 0 Å². The zero-order valence-electron chi connectivity index (χ0n) is 17.4. The summed E-state index contributed by atoms with van der Waals surface area (Å²) >= 11 is 0.